The highest BCUT2D eigenvalue weighted by atomic mass is 35.5. The van der Waals surface area contributed by atoms with Crippen LogP contribution in [-0.4, -0.2) is 42.4 Å². The number of benzene rings is 2. The van der Waals surface area contributed by atoms with Crippen LogP contribution in [0, 0.1) is 0 Å². The highest BCUT2D eigenvalue weighted by Gasteiger charge is 2.32. The van der Waals surface area contributed by atoms with Gasteiger partial charge in [-0.05, 0) is 56.3 Å². The van der Waals surface area contributed by atoms with E-state index in [1.165, 1.54) is 12.1 Å². The summed E-state index contributed by atoms with van der Waals surface area (Å²) >= 11 is 6.15. The summed E-state index contributed by atoms with van der Waals surface area (Å²) in [5.74, 6) is -0.122. The van der Waals surface area contributed by atoms with Crippen molar-refractivity contribution in [3.8, 4) is 17.1 Å². The van der Waals surface area contributed by atoms with Crippen molar-refractivity contribution in [1.29, 1.82) is 0 Å². The van der Waals surface area contributed by atoms with Gasteiger partial charge in [0.1, 0.15) is 24.2 Å². The van der Waals surface area contributed by atoms with Gasteiger partial charge in [0.15, 0.2) is 11.0 Å². The molecule has 170 valence electrons. The Bertz CT molecular complexity index is 1170. The Hall–Kier alpha value is -2.55. The van der Waals surface area contributed by atoms with Crippen molar-refractivity contribution in [2.45, 2.75) is 25.1 Å². The number of alkyl halides is 3. The molecule has 0 bridgehead atoms. The lowest BCUT2D eigenvalue weighted by Gasteiger charge is -2.21. The Labute approximate surface area is 187 Å². The molecule has 1 N–H and O–H groups in total. The number of fused-ring (bicyclic) bond motifs is 1. The van der Waals surface area contributed by atoms with Gasteiger partial charge in [-0.3, -0.25) is 4.79 Å². The molecule has 2 heterocycles. The number of aliphatic hydroxyl groups excluding tert-OH is 1. The first-order valence-corrected chi connectivity index (χ1v) is 10.6. The largest absolute Gasteiger partial charge is 0.490 e. The molecule has 1 aliphatic heterocycles. The number of likely N-dealkylation sites (tertiary alicyclic amines) is 1. The summed E-state index contributed by atoms with van der Waals surface area (Å²) in [5, 5.41) is 10.8. The van der Waals surface area contributed by atoms with E-state index in [9.17, 15) is 23.1 Å². The third-order valence-corrected chi connectivity index (χ3v) is 5.68. The number of aliphatic hydroxyl groups is 1. The lowest BCUT2D eigenvalue weighted by Crippen LogP contribution is -2.33. The second-order valence-electron chi connectivity index (χ2n) is 7.77. The summed E-state index contributed by atoms with van der Waals surface area (Å²) in [6.07, 6.45) is -3.36. The molecule has 3 aromatic rings. The summed E-state index contributed by atoms with van der Waals surface area (Å²) in [6, 6.07) is 8.82. The van der Waals surface area contributed by atoms with Gasteiger partial charge in [0.2, 0.25) is 0 Å². The van der Waals surface area contributed by atoms with Crippen LogP contribution in [-0.2, 0) is 6.18 Å². The molecule has 1 unspecified atom stereocenters. The molecule has 1 fully saturated rings. The maximum Gasteiger partial charge on any atom is 0.416 e. The van der Waals surface area contributed by atoms with Crippen LogP contribution in [0.5, 0.6) is 5.75 Å². The molecular formula is C23H21ClF3NO4. The number of ether oxygens (including phenoxy) is 1. The van der Waals surface area contributed by atoms with E-state index in [0.717, 1.165) is 38.1 Å². The lowest BCUT2D eigenvalue weighted by atomic mass is 10.1. The standard InChI is InChI=1S/C23H21ClF3NO4/c24-18-5-3-4-16-19(30)11-21(32-22(16)18)17-7-6-14(23(25,26)27)10-20(17)31-13-15(29)12-28-8-1-2-9-28/h3-7,10-11,15,29H,1-2,8-9,12-13H2. The van der Waals surface area contributed by atoms with Crippen LogP contribution in [0.4, 0.5) is 13.2 Å². The highest BCUT2D eigenvalue weighted by Crippen LogP contribution is 2.38. The average molecular weight is 468 g/mol. The molecular weight excluding hydrogens is 447 g/mol. The summed E-state index contributed by atoms with van der Waals surface area (Å²) < 4.78 is 51.3. The van der Waals surface area contributed by atoms with Crippen molar-refractivity contribution < 1.29 is 27.4 Å². The van der Waals surface area contributed by atoms with Crippen molar-refractivity contribution in [3.05, 3.63) is 63.3 Å². The Balaban J connectivity index is 1.69. The van der Waals surface area contributed by atoms with Crippen molar-refractivity contribution in [2.75, 3.05) is 26.2 Å². The van der Waals surface area contributed by atoms with Crippen LogP contribution in [0.25, 0.3) is 22.3 Å². The molecule has 1 atom stereocenters. The van der Waals surface area contributed by atoms with E-state index >= 15 is 0 Å². The van der Waals surface area contributed by atoms with Gasteiger partial charge in [-0.1, -0.05) is 17.7 Å². The Morgan fingerprint density at radius 1 is 1.16 bits per heavy atom. The summed E-state index contributed by atoms with van der Waals surface area (Å²) in [7, 11) is 0. The zero-order valence-corrected chi connectivity index (χ0v) is 17.7. The predicted octanol–water partition coefficient (Wildman–Crippen LogP) is 4.97. The number of β-amino-alcohol motifs (C(OH)–C–C–N with tert-alkyl or cyclic N) is 1. The lowest BCUT2D eigenvalue weighted by molar-refractivity contribution is -0.137. The smallest absolute Gasteiger partial charge is 0.416 e. The summed E-state index contributed by atoms with van der Waals surface area (Å²) in [6.45, 7) is 1.90. The van der Waals surface area contributed by atoms with Crippen molar-refractivity contribution in [1.82, 2.24) is 4.90 Å². The molecule has 0 aliphatic carbocycles. The minimum atomic E-state index is -4.58. The Morgan fingerprint density at radius 3 is 2.62 bits per heavy atom. The van der Waals surface area contributed by atoms with Gasteiger partial charge in [0.05, 0.1) is 21.5 Å². The van der Waals surface area contributed by atoms with Gasteiger partial charge < -0.3 is 19.2 Å². The van der Waals surface area contributed by atoms with E-state index in [4.69, 9.17) is 20.8 Å². The number of rotatable bonds is 6. The van der Waals surface area contributed by atoms with E-state index < -0.39 is 17.8 Å². The van der Waals surface area contributed by atoms with Crippen molar-refractivity contribution >= 4 is 22.6 Å². The molecule has 9 heteroatoms. The number of hydrogen-bond donors (Lipinski definition) is 1. The fourth-order valence-corrected chi connectivity index (χ4v) is 4.01. The maximum absolute atomic E-state index is 13.3. The van der Waals surface area contributed by atoms with Crippen molar-refractivity contribution in [3.63, 3.8) is 0 Å². The van der Waals surface area contributed by atoms with Gasteiger partial charge >= 0.3 is 6.18 Å². The molecule has 32 heavy (non-hydrogen) atoms. The summed E-state index contributed by atoms with van der Waals surface area (Å²) in [5.41, 5.74) is -1.00. The second-order valence-corrected chi connectivity index (χ2v) is 8.18. The SMILES string of the molecule is O=c1cc(-c2ccc(C(F)(F)F)cc2OCC(O)CN2CCCC2)oc2c(Cl)cccc12. The predicted molar refractivity (Wildman–Crippen MR) is 115 cm³/mol. The number of para-hydroxylation sites is 1. The quantitative estimate of drug-likeness (QED) is 0.554. The van der Waals surface area contributed by atoms with E-state index in [1.807, 2.05) is 0 Å². The van der Waals surface area contributed by atoms with Crippen molar-refractivity contribution in [2.24, 2.45) is 0 Å². The van der Waals surface area contributed by atoms with Gasteiger partial charge in [0, 0.05) is 12.6 Å². The molecule has 1 aliphatic rings. The molecule has 4 rings (SSSR count). The third-order valence-electron chi connectivity index (χ3n) is 5.38. The molecule has 0 saturated carbocycles. The number of nitrogens with zero attached hydrogens (tertiary/aromatic N) is 1. The summed E-state index contributed by atoms with van der Waals surface area (Å²) in [4.78, 5) is 14.6. The molecule has 2 aromatic carbocycles. The van der Waals surface area contributed by atoms with Crippen LogP contribution in [0.3, 0.4) is 0 Å². The second kappa shape index (κ2) is 9.13. The van der Waals surface area contributed by atoms with E-state index in [-0.39, 0.29) is 45.1 Å². The topological polar surface area (TPSA) is 62.9 Å². The van der Waals surface area contributed by atoms with E-state index in [2.05, 4.69) is 4.90 Å². The van der Waals surface area contributed by atoms with E-state index in [1.54, 1.807) is 18.2 Å². The first kappa shape index (κ1) is 22.6. The Morgan fingerprint density at radius 2 is 1.91 bits per heavy atom. The highest BCUT2D eigenvalue weighted by molar-refractivity contribution is 6.34. The van der Waals surface area contributed by atoms with Crippen LogP contribution in [0.2, 0.25) is 5.02 Å². The third kappa shape index (κ3) is 4.92. The minimum absolute atomic E-state index is 0.0216. The van der Waals surface area contributed by atoms with Gasteiger partial charge in [-0.2, -0.15) is 13.2 Å². The minimum Gasteiger partial charge on any atom is -0.490 e. The van der Waals surface area contributed by atoms with Gasteiger partial charge in [0.25, 0.3) is 0 Å². The number of hydrogen-bond acceptors (Lipinski definition) is 5. The van der Waals surface area contributed by atoms with Crippen LogP contribution < -0.4 is 10.2 Å². The molecule has 0 spiro atoms. The zero-order valence-electron chi connectivity index (χ0n) is 17.0. The van der Waals surface area contributed by atoms with Gasteiger partial charge in [-0.25, -0.2) is 0 Å². The molecule has 1 saturated heterocycles. The van der Waals surface area contributed by atoms with Crippen LogP contribution in [0.15, 0.2) is 51.7 Å². The first-order chi connectivity index (χ1) is 15.2. The maximum atomic E-state index is 13.3. The number of halogens is 4. The molecule has 0 radical (unpaired) electrons. The Kier molecular flexibility index (Phi) is 6.46. The molecule has 1 aromatic heterocycles. The monoisotopic (exact) mass is 467 g/mol. The van der Waals surface area contributed by atoms with Crippen LogP contribution >= 0.6 is 11.6 Å². The fourth-order valence-electron chi connectivity index (χ4n) is 3.80. The van der Waals surface area contributed by atoms with Crippen LogP contribution in [0.1, 0.15) is 18.4 Å². The molecule has 0 amide bonds. The van der Waals surface area contributed by atoms with E-state index in [0.29, 0.717) is 6.54 Å². The first-order valence-electron chi connectivity index (χ1n) is 10.2. The zero-order chi connectivity index (χ0) is 22.9. The van der Waals surface area contributed by atoms with Gasteiger partial charge in [-0.15, -0.1) is 0 Å². The molecule has 5 nitrogen and oxygen atoms in total. The fraction of sp³-hybridized carbons (Fsp3) is 0.348. The average Bonchev–Trinajstić information content (AvgIpc) is 3.25. The normalized spacial score (nSPS) is 15.9.